The van der Waals surface area contributed by atoms with E-state index in [0.29, 0.717) is 26.1 Å². The summed E-state index contributed by atoms with van der Waals surface area (Å²) in [6.45, 7) is 3.02. The Balaban J connectivity index is 2.21. The van der Waals surface area contributed by atoms with Crippen LogP contribution < -0.4 is 4.72 Å². The predicted octanol–water partition coefficient (Wildman–Crippen LogP) is 1.58. The van der Waals surface area contributed by atoms with Crippen molar-refractivity contribution in [2.45, 2.75) is 30.2 Å². The first-order valence-electron chi connectivity index (χ1n) is 5.65. The molecule has 1 aliphatic heterocycles. The molecule has 1 aliphatic rings. The summed E-state index contributed by atoms with van der Waals surface area (Å²) in [4.78, 5) is 3.91. The highest BCUT2D eigenvalue weighted by Gasteiger charge is 2.32. The molecule has 7 heteroatoms. The average Bonchev–Trinajstić information content (AvgIpc) is 2.28. The number of nitrogens with zero attached hydrogens (tertiary/aromatic N) is 1. The third kappa shape index (κ3) is 3.20. The Kier molecular flexibility index (Phi) is 3.91. The molecule has 1 saturated heterocycles. The molecule has 18 heavy (non-hydrogen) atoms. The molecule has 1 N–H and O–H groups in total. The molecule has 2 rings (SSSR count). The van der Waals surface area contributed by atoms with E-state index in [4.69, 9.17) is 16.3 Å². The van der Waals surface area contributed by atoms with Crippen LogP contribution in [0.4, 0.5) is 0 Å². The van der Waals surface area contributed by atoms with Gasteiger partial charge in [0.15, 0.2) is 0 Å². The highest BCUT2D eigenvalue weighted by atomic mass is 35.5. The smallest absolute Gasteiger partial charge is 0.241 e. The van der Waals surface area contributed by atoms with Gasteiger partial charge in [0, 0.05) is 24.9 Å². The quantitative estimate of drug-likeness (QED) is 0.858. The number of nitrogens with one attached hydrogen (secondary N) is 1. The van der Waals surface area contributed by atoms with Crippen molar-refractivity contribution in [3.8, 4) is 0 Å². The second-order valence-corrected chi connectivity index (χ2v) is 6.66. The maximum Gasteiger partial charge on any atom is 0.241 e. The minimum atomic E-state index is -3.57. The molecule has 0 amide bonds. The van der Waals surface area contributed by atoms with Gasteiger partial charge < -0.3 is 4.74 Å². The fourth-order valence-corrected chi connectivity index (χ4v) is 3.58. The maximum absolute atomic E-state index is 12.2. The van der Waals surface area contributed by atoms with Crippen molar-refractivity contribution < 1.29 is 13.2 Å². The molecule has 0 bridgehead atoms. The first kappa shape index (κ1) is 13.7. The van der Waals surface area contributed by atoms with E-state index in [9.17, 15) is 8.42 Å². The number of halogens is 1. The van der Waals surface area contributed by atoms with E-state index >= 15 is 0 Å². The van der Waals surface area contributed by atoms with E-state index < -0.39 is 15.6 Å². The number of hydrogen-bond donors (Lipinski definition) is 1. The number of ether oxygens (including phenoxy) is 1. The molecule has 0 atom stereocenters. The molecule has 0 aliphatic carbocycles. The molecule has 0 saturated carbocycles. The minimum Gasteiger partial charge on any atom is -0.381 e. The molecule has 100 valence electrons. The topological polar surface area (TPSA) is 68.3 Å². The van der Waals surface area contributed by atoms with Crippen LogP contribution in [0.3, 0.4) is 0 Å². The Morgan fingerprint density at radius 3 is 2.72 bits per heavy atom. The van der Waals surface area contributed by atoms with Crippen LogP contribution in [0, 0.1) is 0 Å². The third-order valence-corrected chi connectivity index (χ3v) is 4.83. The molecule has 1 aromatic heterocycles. The molecule has 1 aromatic rings. The second kappa shape index (κ2) is 5.13. The number of hydrogen-bond acceptors (Lipinski definition) is 4. The van der Waals surface area contributed by atoms with Crippen molar-refractivity contribution in [3.63, 3.8) is 0 Å². The summed E-state index contributed by atoms with van der Waals surface area (Å²) in [5.74, 6) is 0. The summed E-state index contributed by atoms with van der Waals surface area (Å²) >= 11 is 5.71. The molecule has 2 heterocycles. The molecule has 0 radical (unpaired) electrons. The summed E-state index contributed by atoms with van der Waals surface area (Å²) in [6.07, 6.45) is 2.69. The first-order valence-corrected chi connectivity index (χ1v) is 7.51. The molecular formula is C11H15ClN2O3S. The van der Waals surface area contributed by atoms with Gasteiger partial charge in [0.05, 0.1) is 4.90 Å². The first-order chi connectivity index (χ1) is 8.41. The van der Waals surface area contributed by atoms with Gasteiger partial charge in [-0.15, -0.1) is 0 Å². The molecule has 1 fully saturated rings. The van der Waals surface area contributed by atoms with Crippen molar-refractivity contribution in [3.05, 3.63) is 23.5 Å². The average molecular weight is 291 g/mol. The lowest BCUT2D eigenvalue weighted by molar-refractivity contribution is 0.0537. The van der Waals surface area contributed by atoms with Gasteiger partial charge in [0.25, 0.3) is 0 Å². The van der Waals surface area contributed by atoms with Gasteiger partial charge in [-0.2, -0.15) is 0 Å². The monoisotopic (exact) mass is 290 g/mol. The van der Waals surface area contributed by atoms with Gasteiger partial charge >= 0.3 is 0 Å². The van der Waals surface area contributed by atoms with Crippen LogP contribution in [0.15, 0.2) is 23.2 Å². The van der Waals surface area contributed by atoms with Gasteiger partial charge in [0.2, 0.25) is 10.0 Å². The lowest BCUT2D eigenvalue weighted by atomic mass is 9.94. The lowest BCUT2D eigenvalue weighted by Crippen LogP contribution is -2.49. The van der Waals surface area contributed by atoms with Crippen molar-refractivity contribution in [2.24, 2.45) is 0 Å². The summed E-state index contributed by atoms with van der Waals surface area (Å²) in [5, 5.41) is 0.162. The number of aromatic nitrogens is 1. The van der Waals surface area contributed by atoms with Crippen LogP contribution in [-0.4, -0.2) is 32.2 Å². The van der Waals surface area contributed by atoms with Gasteiger partial charge in [-0.1, -0.05) is 11.6 Å². The SMILES string of the molecule is CC1(NS(=O)(=O)c2ccnc(Cl)c2)CCOCC1. The van der Waals surface area contributed by atoms with Crippen molar-refractivity contribution >= 4 is 21.6 Å². The highest BCUT2D eigenvalue weighted by Crippen LogP contribution is 2.23. The van der Waals surface area contributed by atoms with Gasteiger partial charge in [-0.25, -0.2) is 18.1 Å². The van der Waals surface area contributed by atoms with Crippen molar-refractivity contribution in [1.29, 1.82) is 0 Å². The van der Waals surface area contributed by atoms with E-state index in [1.165, 1.54) is 18.3 Å². The zero-order chi connectivity index (χ0) is 13.2. The number of pyridine rings is 1. The number of sulfonamides is 1. The van der Waals surface area contributed by atoms with Crippen molar-refractivity contribution in [1.82, 2.24) is 9.71 Å². The molecule has 0 aromatic carbocycles. The van der Waals surface area contributed by atoms with Gasteiger partial charge in [-0.05, 0) is 31.9 Å². The lowest BCUT2D eigenvalue weighted by Gasteiger charge is -2.33. The molecule has 0 spiro atoms. The van der Waals surface area contributed by atoms with Gasteiger partial charge in [0.1, 0.15) is 5.15 Å². The minimum absolute atomic E-state index is 0.134. The van der Waals surface area contributed by atoms with E-state index in [-0.39, 0.29) is 10.0 Å². The van der Waals surface area contributed by atoms with Crippen LogP contribution in [0.2, 0.25) is 5.15 Å². The Morgan fingerprint density at radius 2 is 2.11 bits per heavy atom. The van der Waals surface area contributed by atoms with E-state index in [0.717, 1.165) is 0 Å². The summed E-state index contributed by atoms with van der Waals surface area (Å²) in [6, 6.07) is 2.77. The largest absolute Gasteiger partial charge is 0.381 e. The predicted molar refractivity (Wildman–Crippen MR) is 68.0 cm³/mol. The summed E-state index contributed by atoms with van der Waals surface area (Å²) in [5.41, 5.74) is -0.465. The van der Waals surface area contributed by atoms with Gasteiger partial charge in [-0.3, -0.25) is 0 Å². The normalized spacial score (nSPS) is 19.7. The zero-order valence-corrected chi connectivity index (χ0v) is 11.6. The molecular weight excluding hydrogens is 276 g/mol. The van der Waals surface area contributed by atoms with Crippen LogP contribution >= 0.6 is 11.6 Å². The van der Waals surface area contributed by atoms with Crippen molar-refractivity contribution in [2.75, 3.05) is 13.2 Å². The van der Waals surface area contributed by atoms with E-state index in [2.05, 4.69) is 9.71 Å². The molecule has 0 unspecified atom stereocenters. The molecule has 5 nitrogen and oxygen atoms in total. The van der Waals surface area contributed by atoms with Crippen LogP contribution in [0.1, 0.15) is 19.8 Å². The highest BCUT2D eigenvalue weighted by molar-refractivity contribution is 7.89. The van der Waals surface area contributed by atoms with E-state index in [1.807, 2.05) is 6.92 Å². The Labute approximate surface area is 112 Å². The Hall–Kier alpha value is -0.690. The summed E-state index contributed by atoms with van der Waals surface area (Å²) in [7, 11) is -3.57. The van der Waals surface area contributed by atoms with E-state index in [1.54, 1.807) is 0 Å². The van der Waals surface area contributed by atoms with Crippen LogP contribution in [0.25, 0.3) is 0 Å². The third-order valence-electron chi connectivity index (χ3n) is 2.99. The summed E-state index contributed by atoms with van der Waals surface area (Å²) < 4.78 is 32.4. The van der Waals surface area contributed by atoms with Crippen LogP contribution in [0.5, 0.6) is 0 Å². The maximum atomic E-state index is 12.2. The fraction of sp³-hybridized carbons (Fsp3) is 0.545. The zero-order valence-electron chi connectivity index (χ0n) is 10.0. The second-order valence-electron chi connectivity index (χ2n) is 4.59. The fourth-order valence-electron chi connectivity index (χ4n) is 1.86. The van der Waals surface area contributed by atoms with Crippen LogP contribution in [-0.2, 0) is 14.8 Å². The number of rotatable bonds is 3. The standard InChI is InChI=1S/C11H15ClN2O3S/c1-11(3-6-17-7-4-11)14-18(15,16)9-2-5-13-10(12)8-9/h2,5,8,14H,3-4,6-7H2,1H3. The Morgan fingerprint density at radius 1 is 1.44 bits per heavy atom. The Bertz CT molecular complexity index is 527.